The van der Waals surface area contributed by atoms with Crippen molar-refractivity contribution in [2.75, 3.05) is 47.0 Å². The summed E-state index contributed by atoms with van der Waals surface area (Å²) in [5.74, 6) is -0.239. The standard InChI is InChI=1S/C28H34N2O6/c1-4-5-6-14-34-21-9-7-8-19(17-21)25-24(27(32)28(33)30(25)13-12-29(2)3)26(31)20-10-11-22-23(18-20)36-16-15-35-22/h7-11,17-18,25,31H,4-6,12-16H2,1-3H3/b26-24+. The van der Waals surface area contributed by atoms with Gasteiger partial charge in [-0.05, 0) is 41.8 Å². The second-order valence-corrected chi connectivity index (χ2v) is 9.42. The molecule has 36 heavy (non-hydrogen) atoms. The Morgan fingerprint density at radius 2 is 1.86 bits per heavy atom. The van der Waals surface area contributed by atoms with Crippen molar-refractivity contribution < 1.29 is 33.8 Å². The lowest BCUT2D eigenvalue weighted by Gasteiger charge is -2.28. The van der Waals surface area contributed by atoms with Crippen molar-refractivity contribution >= 4 is 17.4 Å². The van der Waals surface area contributed by atoms with E-state index >= 15 is 0 Å². The summed E-state index contributed by atoms with van der Waals surface area (Å²) in [4.78, 5) is 29.0. The summed E-state index contributed by atoms with van der Waals surface area (Å²) in [5.41, 5.74) is 0.915. The minimum atomic E-state index is -0.788. The highest BCUT2D eigenvalue weighted by Gasteiger charge is 2.44. The van der Waals surface area contributed by atoms with Gasteiger partial charge in [-0.25, -0.2) is 0 Å². The zero-order valence-electron chi connectivity index (χ0n) is 21.2. The Bertz CT molecular complexity index is 1140. The van der Waals surface area contributed by atoms with Crippen LogP contribution in [0.4, 0.5) is 0 Å². The highest BCUT2D eigenvalue weighted by atomic mass is 16.6. The largest absolute Gasteiger partial charge is 0.872 e. The van der Waals surface area contributed by atoms with E-state index in [-0.39, 0.29) is 11.1 Å². The van der Waals surface area contributed by atoms with Gasteiger partial charge >= 0.3 is 0 Å². The van der Waals surface area contributed by atoms with Gasteiger partial charge in [0.2, 0.25) is 5.78 Å². The van der Waals surface area contributed by atoms with E-state index in [4.69, 9.17) is 14.2 Å². The maximum absolute atomic E-state index is 13.7. The Balaban J connectivity index is 1.74. The van der Waals surface area contributed by atoms with Crippen molar-refractivity contribution in [3.05, 3.63) is 59.2 Å². The van der Waals surface area contributed by atoms with Crippen LogP contribution in [-0.2, 0) is 9.59 Å². The third-order valence-electron chi connectivity index (χ3n) is 6.38. The first-order valence-electron chi connectivity index (χ1n) is 12.6. The fourth-order valence-corrected chi connectivity index (χ4v) is 4.45. The van der Waals surface area contributed by atoms with Gasteiger partial charge in [0.05, 0.1) is 39.8 Å². The molecule has 1 N–H and O–H groups in total. The number of Topliss-reactive ketones (excluding diaryl/α,β-unsaturated/α-hetero) is 1. The monoisotopic (exact) mass is 494 g/mol. The number of hydrogen-bond donors (Lipinski definition) is 1. The summed E-state index contributed by atoms with van der Waals surface area (Å²) in [6, 6.07) is 11.4. The molecule has 0 bridgehead atoms. The molecule has 0 aromatic heterocycles. The molecule has 2 heterocycles. The number of fused-ring (bicyclic) bond motifs is 1. The van der Waals surface area contributed by atoms with Crippen LogP contribution in [0.1, 0.15) is 43.4 Å². The number of carbonyl (C=O) groups excluding carboxylic acids is 2. The molecule has 1 atom stereocenters. The van der Waals surface area contributed by atoms with Gasteiger partial charge in [-0.2, -0.15) is 0 Å². The fraction of sp³-hybridized carbons (Fsp3) is 0.429. The van der Waals surface area contributed by atoms with Crippen LogP contribution in [0.25, 0.3) is 5.76 Å². The van der Waals surface area contributed by atoms with Crippen molar-refractivity contribution in [3.8, 4) is 17.2 Å². The van der Waals surface area contributed by atoms with Crippen LogP contribution in [0.5, 0.6) is 17.2 Å². The van der Waals surface area contributed by atoms with E-state index in [2.05, 4.69) is 6.92 Å². The molecule has 8 nitrogen and oxygen atoms in total. The molecule has 2 aliphatic heterocycles. The molecule has 2 aromatic rings. The Hall–Kier alpha value is -3.52. The number of hydrogen-bond acceptors (Lipinski definition) is 6. The predicted molar refractivity (Wildman–Crippen MR) is 133 cm³/mol. The normalized spacial score (nSPS) is 18.7. The topological polar surface area (TPSA) is 92.6 Å². The van der Waals surface area contributed by atoms with E-state index in [1.165, 1.54) is 4.90 Å². The van der Waals surface area contributed by atoms with Crippen molar-refractivity contribution in [1.82, 2.24) is 4.90 Å². The molecule has 2 aliphatic rings. The Kier molecular flexibility index (Phi) is 8.15. The number of amides is 1. The third kappa shape index (κ3) is 5.49. The van der Waals surface area contributed by atoms with E-state index in [0.717, 1.165) is 24.2 Å². The summed E-state index contributed by atoms with van der Waals surface area (Å²) in [5, 5.41) is 13.7. The number of nitrogens with one attached hydrogen (secondary N) is 1. The van der Waals surface area contributed by atoms with Gasteiger partial charge in [-0.3, -0.25) is 9.59 Å². The molecule has 0 spiro atoms. The van der Waals surface area contributed by atoms with Crippen LogP contribution in [0.15, 0.2) is 48.0 Å². The molecule has 1 saturated heterocycles. The molecule has 0 radical (unpaired) electrons. The number of carbonyl (C=O) groups is 2. The van der Waals surface area contributed by atoms with Crippen molar-refractivity contribution in [2.45, 2.75) is 32.2 Å². The van der Waals surface area contributed by atoms with Crippen molar-refractivity contribution in [1.29, 1.82) is 0 Å². The maximum atomic E-state index is 13.7. The molecule has 0 saturated carbocycles. The number of likely N-dealkylation sites (N-methyl/N-ethyl adjacent to an activating group) is 1. The summed E-state index contributed by atoms with van der Waals surface area (Å²) in [6.45, 7) is 4.51. The number of unbranched alkanes of at least 4 members (excludes halogenated alkanes) is 2. The lowest BCUT2D eigenvalue weighted by molar-refractivity contribution is -0.857. The minimum absolute atomic E-state index is 0.0476. The van der Waals surface area contributed by atoms with Gasteiger partial charge in [0.15, 0.2) is 11.5 Å². The first kappa shape index (κ1) is 25.6. The zero-order chi connectivity index (χ0) is 25.7. The van der Waals surface area contributed by atoms with Crippen molar-refractivity contribution in [3.63, 3.8) is 0 Å². The first-order chi connectivity index (χ1) is 17.4. The Morgan fingerprint density at radius 3 is 2.61 bits per heavy atom. The van der Waals surface area contributed by atoms with Crippen LogP contribution in [0.3, 0.4) is 0 Å². The third-order valence-corrected chi connectivity index (χ3v) is 6.38. The number of rotatable bonds is 10. The lowest BCUT2D eigenvalue weighted by atomic mass is 9.95. The molecule has 192 valence electrons. The van der Waals surface area contributed by atoms with Gasteiger partial charge in [0.25, 0.3) is 5.91 Å². The van der Waals surface area contributed by atoms with Gasteiger partial charge in [-0.15, -0.1) is 0 Å². The number of nitrogens with zero attached hydrogens (tertiary/aromatic N) is 1. The summed E-state index contributed by atoms with van der Waals surface area (Å²) < 4.78 is 17.1. The molecule has 4 rings (SSSR count). The van der Waals surface area contributed by atoms with E-state index in [1.807, 2.05) is 38.4 Å². The van der Waals surface area contributed by atoms with Gasteiger partial charge < -0.3 is 29.1 Å². The quantitative estimate of drug-likeness (QED) is 0.232. The van der Waals surface area contributed by atoms with E-state index in [9.17, 15) is 14.7 Å². The average molecular weight is 495 g/mol. The second-order valence-electron chi connectivity index (χ2n) is 9.42. The van der Waals surface area contributed by atoms with Crippen LogP contribution < -0.4 is 24.2 Å². The fourth-order valence-electron chi connectivity index (χ4n) is 4.45. The van der Waals surface area contributed by atoms with E-state index < -0.39 is 23.5 Å². The van der Waals surface area contributed by atoms with Gasteiger partial charge in [-0.1, -0.05) is 43.7 Å². The zero-order valence-corrected chi connectivity index (χ0v) is 21.2. The Labute approximate surface area is 212 Å². The average Bonchev–Trinajstić information content (AvgIpc) is 3.14. The minimum Gasteiger partial charge on any atom is -0.872 e. The van der Waals surface area contributed by atoms with E-state index in [0.29, 0.717) is 55.7 Å². The van der Waals surface area contributed by atoms with Gasteiger partial charge in [0.1, 0.15) is 19.0 Å². The number of quaternary nitrogens is 1. The summed E-state index contributed by atoms with van der Waals surface area (Å²) in [6.07, 6.45) is 3.12. The first-order valence-corrected chi connectivity index (χ1v) is 12.6. The molecule has 2 aromatic carbocycles. The molecular formula is C28H34N2O6. The van der Waals surface area contributed by atoms with Crippen LogP contribution in [-0.4, -0.2) is 63.6 Å². The van der Waals surface area contributed by atoms with E-state index in [1.54, 1.807) is 18.2 Å². The molecule has 1 amide bonds. The second kappa shape index (κ2) is 11.5. The highest BCUT2D eigenvalue weighted by molar-refractivity contribution is 6.46. The summed E-state index contributed by atoms with van der Waals surface area (Å²) in [7, 11) is 3.96. The molecule has 1 fully saturated rings. The molecular weight excluding hydrogens is 460 g/mol. The SMILES string of the molecule is CCCCCOc1cccc(C2/C(=C(\[O-])c3ccc4c(c3)OCCO4)C(=O)C(=O)N2CC[NH+](C)C)c1. The number of ether oxygens (including phenoxy) is 3. The number of benzene rings is 2. The highest BCUT2D eigenvalue weighted by Crippen LogP contribution is 2.40. The van der Waals surface area contributed by atoms with Crippen molar-refractivity contribution in [2.24, 2.45) is 0 Å². The molecule has 8 heteroatoms. The molecule has 0 aliphatic carbocycles. The molecule has 1 unspecified atom stereocenters. The summed E-state index contributed by atoms with van der Waals surface area (Å²) >= 11 is 0. The Morgan fingerprint density at radius 1 is 1.08 bits per heavy atom. The van der Waals surface area contributed by atoms with Crippen LogP contribution >= 0.6 is 0 Å². The predicted octanol–water partition coefficient (Wildman–Crippen LogP) is 1.40. The smallest absolute Gasteiger partial charge is 0.295 e. The lowest BCUT2D eigenvalue weighted by Crippen LogP contribution is -3.06. The van der Waals surface area contributed by atoms with Crippen LogP contribution in [0.2, 0.25) is 0 Å². The maximum Gasteiger partial charge on any atom is 0.295 e. The number of likely N-dealkylation sites (tertiary alicyclic amines) is 1. The number of ketones is 1. The van der Waals surface area contributed by atoms with Crippen LogP contribution in [0, 0.1) is 0 Å². The van der Waals surface area contributed by atoms with Gasteiger partial charge in [0, 0.05) is 5.57 Å².